The summed E-state index contributed by atoms with van der Waals surface area (Å²) < 4.78 is 147. The molecule has 1 unspecified atom stereocenters. The van der Waals surface area contributed by atoms with E-state index in [1.54, 1.807) is 6.07 Å². The number of carbonyl (C=O) groups is 2. The van der Waals surface area contributed by atoms with E-state index >= 15 is 4.39 Å². The first-order chi connectivity index (χ1) is 22.5. The van der Waals surface area contributed by atoms with E-state index in [4.69, 9.17) is 4.74 Å². The molecule has 1 atom stereocenters. The molecule has 5 nitrogen and oxygen atoms in total. The normalized spacial score (nSPS) is 13.2. The second-order valence-electron chi connectivity index (χ2n) is 10.3. The molecule has 0 heterocycles. The molecule has 4 aromatic rings. The minimum absolute atomic E-state index is 0.205. The third-order valence-corrected chi connectivity index (χ3v) is 7.02. The number of amides is 1. The second-order valence-corrected chi connectivity index (χ2v) is 10.3. The van der Waals surface area contributed by atoms with Gasteiger partial charge in [-0.3, -0.25) is 9.59 Å². The molecule has 0 fully saturated rings. The van der Waals surface area contributed by atoms with Gasteiger partial charge in [0, 0.05) is 30.0 Å². The van der Waals surface area contributed by atoms with Gasteiger partial charge in [0.1, 0.15) is 17.4 Å². The second kappa shape index (κ2) is 14.0. The van der Waals surface area contributed by atoms with Crippen molar-refractivity contribution in [1.29, 1.82) is 0 Å². The maximum absolute atomic E-state index is 16.1. The van der Waals surface area contributed by atoms with Gasteiger partial charge in [0.05, 0.1) is 11.1 Å². The van der Waals surface area contributed by atoms with Crippen molar-refractivity contribution < 1.29 is 63.0 Å². The largest absolute Gasteiger partial charge is 0.461 e. The predicted molar refractivity (Wildman–Crippen MR) is 150 cm³/mol. The summed E-state index contributed by atoms with van der Waals surface area (Å²) in [6, 6.07) is 13.5. The van der Waals surface area contributed by atoms with Crippen LogP contribution in [0.2, 0.25) is 0 Å². The van der Waals surface area contributed by atoms with Gasteiger partial charge in [0.2, 0.25) is 0 Å². The molecule has 1 N–H and O–H groups in total. The van der Waals surface area contributed by atoms with Crippen molar-refractivity contribution in [2.45, 2.75) is 44.0 Å². The summed E-state index contributed by atoms with van der Waals surface area (Å²) in [5.74, 6) is -8.21. The molecule has 4 aromatic carbocycles. The summed E-state index contributed by atoms with van der Waals surface area (Å²) in [5, 5.41) is 2.43. The number of rotatable bonds is 11. The standard InChI is InChI=1S/C33H23F10NO4/c1-2-28(45)47-27-15-20(9-13-25(27)35)31(17-18-6-4-3-5-7-18,22-11-10-21(16-26(22)36)48-33(42,43)30(37)38)44-29(46)19-8-12-24(34)23(14-19)32(39,40)41/h3-16,30H,2,17H2,1H3,(H,44,46). The van der Waals surface area contributed by atoms with Gasteiger partial charge < -0.3 is 14.8 Å². The van der Waals surface area contributed by atoms with Crippen LogP contribution in [0.15, 0.2) is 84.9 Å². The van der Waals surface area contributed by atoms with Crippen molar-refractivity contribution in [2.24, 2.45) is 0 Å². The Morgan fingerprint density at radius 2 is 1.44 bits per heavy atom. The van der Waals surface area contributed by atoms with Crippen molar-refractivity contribution in [3.05, 3.63) is 130 Å². The van der Waals surface area contributed by atoms with E-state index in [1.807, 2.05) is 0 Å². The highest BCUT2D eigenvalue weighted by molar-refractivity contribution is 5.95. The zero-order chi connectivity index (χ0) is 35.4. The van der Waals surface area contributed by atoms with Crippen LogP contribution in [0.25, 0.3) is 0 Å². The van der Waals surface area contributed by atoms with Gasteiger partial charge in [-0.2, -0.15) is 30.7 Å². The molecule has 0 aliphatic carbocycles. The fourth-order valence-corrected chi connectivity index (χ4v) is 4.74. The molecule has 48 heavy (non-hydrogen) atoms. The summed E-state index contributed by atoms with van der Waals surface area (Å²) in [7, 11) is 0. The number of ether oxygens (including phenoxy) is 2. The van der Waals surface area contributed by atoms with Crippen LogP contribution in [0.5, 0.6) is 11.5 Å². The molecule has 0 saturated heterocycles. The van der Waals surface area contributed by atoms with Gasteiger partial charge in [-0.05, 0) is 53.6 Å². The predicted octanol–water partition coefficient (Wildman–Crippen LogP) is 8.59. The van der Waals surface area contributed by atoms with Crippen LogP contribution in [-0.4, -0.2) is 24.4 Å². The Labute approximate surface area is 266 Å². The summed E-state index contributed by atoms with van der Waals surface area (Å²) in [6.45, 7) is 1.40. The highest BCUT2D eigenvalue weighted by atomic mass is 19.4. The number of benzene rings is 4. The Morgan fingerprint density at radius 1 is 0.771 bits per heavy atom. The lowest BCUT2D eigenvalue weighted by Gasteiger charge is -2.37. The van der Waals surface area contributed by atoms with Crippen molar-refractivity contribution in [3.63, 3.8) is 0 Å². The van der Waals surface area contributed by atoms with Crippen molar-refractivity contribution in [2.75, 3.05) is 0 Å². The first-order valence-corrected chi connectivity index (χ1v) is 13.9. The van der Waals surface area contributed by atoms with Crippen LogP contribution in [0.4, 0.5) is 43.9 Å². The lowest BCUT2D eigenvalue weighted by atomic mass is 9.77. The molecule has 0 aromatic heterocycles. The minimum atomic E-state index is -5.22. The van der Waals surface area contributed by atoms with Crippen LogP contribution < -0.4 is 14.8 Å². The highest BCUT2D eigenvalue weighted by Crippen LogP contribution is 2.40. The van der Waals surface area contributed by atoms with E-state index in [9.17, 15) is 49.1 Å². The Kier molecular flexibility index (Phi) is 10.4. The molecule has 1 amide bonds. The van der Waals surface area contributed by atoms with E-state index in [-0.39, 0.29) is 18.1 Å². The van der Waals surface area contributed by atoms with Gasteiger partial charge in [-0.25, -0.2) is 13.2 Å². The van der Waals surface area contributed by atoms with Gasteiger partial charge in [-0.1, -0.05) is 43.3 Å². The number of hydrogen-bond donors (Lipinski definition) is 1. The lowest BCUT2D eigenvalue weighted by Crippen LogP contribution is -2.49. The van der Waals surface area contributed by atoms with Gasteiger partial charge in [0.25, 0.3) is 5.91 Å². The molecule has 0 aliphatic heterocycles. The maximum Gasteiger partial charge on any atom is 0.461 e. The van der Waals surface area contributed by atoms with Gasteiger partial charge in [-0.15, -0.1) is 0 Å². The average Bonchev–Trinajstić information content (AvgIpc) is 3.01. The smallest absolute Gasteiger partial charge is 0.428 e. The van der Waals surface area contributed by atoms with Crippen molar-refractivity contribution in [1.82, 2.24) is 5.32 Å². The Bertz CT molecular complexity index is 1800. The lowest BCUT2D eigenvalue weighted by molar-refractivity contribution is -0.253. The third kappa shape index (κ3) is 7.89. The van der Waals surface area contributed by atoms with Crippen molar-refractivity contribution >= 4 is 11.9 Å². The summed E-state index contributed by atoms with van der Waals surface area (Å²) in [5.41, 5.74) is -5.34. The molecule has 0 bridgehead atoms. The molecule has 0 saturated carbocycles. The van der Waals surface area contributed by atoms with Gasteiger partial charge in [0.15, 0.2) is 11.6 Å². The van der Waals surface area contributed by atoms with E-state index < -0.39 is 88.2 Å². The Hall–Kier alpha value is -5.08. The average molecular weight is 688 g/mol. The fourth-order valence-electron chi connectivity index (χ4n) is 4.74. The number of hydrogen-bond acceptors (Lipinski definition) is 4. The van der Waals surface area contributed by atoms with E-state index in [2.05, 4.69) is 10.1 Å². The van der Waals surface area contributed by atoms with Crippen molar-refractivity contribution in [3.8, 4) is 11.5 Å². The van der Waals surface area contributed by atoms with Crippen LogP contribution in [0.3, 0.4) is 0 Å². The third-order valence-electron chi connectivity index (χ3n) is 7.02. The molecular formula is C33H23F10NO4. The van der Waals surface area contributed by atoms with Crippen LogP contribution in [0.1, 0.15) is 46.0 Å². The van der Waals surface area contributed by atoms with E-state index in [0.717, 1.165) is 24.3 Å². The molecule has 0 radical (unpaired) electrons. The fraction of sp³-hybridized carbons (Fsp3) is 0.212. The summed E-state index contributed by atoms with van der Waals surface area (Å²) >= 11 is 0. The Morgan fingerprint density at radius 3 is 2.04 bits per heavy atom. The van der Waals surface area contributed by atoms with E-state index in [0.29, 0.717) is 29.8 Å². The van der Waals surface area contributed by atoms with Crippen LogP contribution in [0, 0.1) is 17.5 Å². The number of esters is 1. The number of carbonyl (C=O) groups excluding carboxylic acids is 2. The molecule has 15 heteroatoms. The zero-order valence-corrected chi connectivity index (χ0v) is 24.5. The molecular weight excluding hydrogens is 664 g/mol. The highest BCUT2D eigenvalue weighted by Gasteiger charge is 2.45. The molecule has 0 spiro atoms. The first kappa shape index (κ1) is 35.8. The number of nitrogens with one attached hydrogen (secondary N) is 1. The zero-order valence-electron chi connectivity index (χ0n) is 24.5. The summed E-state index contributed by atoms with van der Waals surface area (Å²) in [6.07, 6.45) is -15.2. The minimum Gasteiger partial charge on any atom is -0.428 e. The molecule has 254 valence electrons. The monoisotopic (exact) mass is 687 g/mol. The van der Waals surface area contributed by atoms with E-state index in [1.165, 1.54) is 31.2 Å². The topological polar surface area (TPSA) is 64.6 Å². The number of alkyl halides is 7. The maximum atomic E-state index is 16.1. The number of halogens is 10. The SMILES string of the molecule is CCC(=O)Oc1cc(C(Cc2ccccc2)(NC(=O)c2ccc(F)c(C(F)(F)F)c2)c2ccc(OC(F)(F)C(F)F)cc2F)ccc1F. The van der Waals surface area contributed by atoms with Gasteiger partial charge >= 0.3 is 24.7 Å². The van der Waals surface area contributed by atoms with Crippen LogP contribution >= 0.6 is 0 Å². The summed E-state index contributed by atoms with van der Waals surface area (Å²) in [4.78, 5) is 25.8. The molecule has 0 aliphatic rings. The quantitative estimate of drug-likeness (QED) is 0.0975. The molecule has 4 rings (SSSR count). The van der Waals surface area contributed by atoms with Crippen LogP contribution in [-0.2, 0) is 22.9 Å². The first-order valence-electron chi connectivity index (χ1n) is 13.9. The Balaban J connectivity index is 1.99.